The van der Waals surface area contributed by atoms with E-state index in [0.29, 0.717) is 29.8 Å². The molecule has 0 spiro atoms. The van der Waals surface area contributed by atoms with E-state index < -0.39 is 0 Å². The first-order chi connectivity index (χ1) is 12.1. The SMILES string of the molecule is CC(C)CC(=O)Nc1ccc(Oc2ccc(-n3ccnc3)nn2)cc1. The fraction of sp³-hybridized carbons (Fsp3) is 0.222. The van der Waals surface area contributed by atoms with Crippen LogP contribution in [0.2, 0.25) is 0 Å². The van der Waals surface area contributed by atoms with Gasteiger partial charge in [0, 0.05) is 30.6 Å². The van der Waals surface area contributed by atoms with Crippen molar-refractivity contribution >= 4 is 11.6 Å². The zero-order chi connectivity index (χ0) is 17.6. The van der Waals surface area contributed by atoms with Crippen molar-refractivity contribution in [1.29, 1.82) is 0 Å². The predicted molar refractivity (Wildman–Crippen MR) is 93.8 cm³/mol. The van der Waals surface area contributed by atoms with E-state index in [9.17, 15) is 4.79 Å². The van der Waals surface area contributed by atoms with Crippen LogP contribution in [0.5, 0.6) is 11.6 Å². The molecule has 0 aliphatic heterocycles. The Morgan fingerprint density at radius 2 is 1.96 bits per heavy atom. The molecule has 0 unspecified atom stereocenters. The monoisotopic (exact) mass is 337 g/mol. The van der Waals surface area contributed by atoms with Gasteiger partial charge in [-0.2, -0.15) is 0 Å². The molecule has 1 aromatic carbocycles. The lowest BCUT2D eigenvalue weighted by atomic mass is 10.1. The molecule has 3 aromatic rings. The average Bonchev–Trinajstić information content (AvgIpc) is 3.11. The Morgan fingerprint density at radius 1 is 1.16 bits per heavy atom. The number of aromatic nitrogens is 4. The molecule has 3 rings (SSSR count). The topological polar surface area (TPSA) is 81.9 Å². The van der Waals surface area contributed by atoms with E-state index in [2.05, 4.69) is 20.5 Å². The quantitative estimate of drug-likeness (QED) is 0.745. The summed E-state index contributed by atoms with van der Waals surface area (Å²) in [4.78, 5) is 15.7. The molecule has 0 saturated heterocycles. The van der Waals surface area contributed by atoms with E-state index in [0.717, 1.165) is 5.69 Å². The number of rotatable bonds is 6. The summed E-state index contributed by atoms with van der Waals surface area (Å²) in [7, 11) is 0. The number of benzene rings is 1. The summed E-state index contributed by atoms with van der Waals surface area (Å²) in [5.74, 6) is 2.00. The molecule has 0 aliphatic rings. The summed E-state index contributed by atoms with van der Waals surface area (Å²) in [6.45, 7) is 4.02. The molecule has 1 amide bonds. The second-order valence-corrected chi connectivity index (χ2v) is 5.97. The Labute approximate surface area is 145 Å². The van der Waals surface area contributed by atoms with Crippen LogP contribution in [-0.2, 0) is 4.79 Å². The number of carbonyl (C=O) groups excluding carboxylic acids is 1. The third-order valence-corrected chi connectivity index (χ3v) is 3.35. The molecule has 0 bridgehead atoms. The highest BCUT2D eigenvalue weighted by atomic mass is 16.5. The Bertz CT molecular complexity index is 812. The van der Waals surface area contributed by atoms with E-state index in [1.807, 2.05) is 13.8 Å². The molecule has 2 aromatic heterocycles. The minimum atomic E-state index is 0.00428. The predicted octanol–water partition coefficient (Wildman–Crippen LogP) is 3.44. The van der Waals surface area contributed by atoms with Crippen LogP contribution < -0.4 is 10.1 Å². The first kappa shape index (κ1) is 16.6. The smallest absolute Gasteiger partial charge is 0.238 e. The van der Waals surface area contributed by atoms with Gasteiger partial charge >= 0.3 is 0 Å². The molecule has 128 valence electrons. The van der Waals surface area contributed by atoms with Crippen molar-refractivity contribution in [3.8, 4) is 17.4 Å². The van der Waals surface area contributed by atoms with E-state index in [1.54, 1.807) is 59.7 Å². The Balaban J connectivity index is 1.60. The first-order valence-electron chi connectivity index (χ1n) is 8.00. The zero-order valence-corrected chi connectivity index (χ0v) is 14.1. The molecule has 25 heavy (non-hydrogen) atoms. The molecular formula is C18H19N5O2. The Hall–Kier alpha value is -3.22. The maximum Gasteiger partial charge on any atom is 0.238 e. The number of ether oxygens (including phenoxy) is 1. The third-order valence-electron chi connectivity index (χ3n) is 3.35. The number of imidazole rings is 1. The Morgan fingerprint density at radius 3 is 2.56 bits per heavy atom. The lowest BCUT2D eigenvalue weighted by Crippen LogP contribution is -2.13. The van der Waals surface area contributed by atoms with E-state index >= 15 is 0 Å². The fourth-order valence-electron chi connectivity index (χ4n) is 2.21. The van der Waals surface area contributed by atoms with Crippen molar-refractivity contribution in [1.82, 2.24) is 19.7 Å². The van der Waals surface area contributed by atoms with Crippen molar-refractivity contribution < 1.29 is 9.53 Å². The minimum absolute atomic E-state index is 0.00428. The fourth-order valence-corrected chi connectivity index (χ4v) is 2.21. The van der Waals surface area contributed by atoms with Gasteiger partial charge < -0.3 is 10.1 Å². The van der Waals surface area contributed by atoms with Crippen LogP contribution in [0.15, 0.2) is 55.1 Å². The van der Waals surface area contributed by atoms with Gasteiger partial charge in [0.1, 0.15) is 12.1 Å². The van der Waals surface area contributed by atoms with Gasteiger partial charge in [-0.15, -0.1) is 10.2 Å². The summed E-state index contributed by atoms with van der Waals surface area (Å²) in [6.07, 6.45) is 5.61. The van der Waals surface area contributed by atoms with Crippen molar-refractivity contribution in [3.05, 3.63) is 55.1 Å². The third kappa shape index (κ3) is 4.63. The molecular weight excluding hydrogens is 318 g/mol. The summed E-state index contributed by atoms with van der Waals surface area (Å²) in [6, 6.07) is 10.7. The number of nitrogens with one attached hydrogen (secondary N) is 1. The van der Waals surface area contributed by atoms with Crippen molar-refractivity contribution in [2.45, 2.75) is 20.3 Å². The highest BCUT2D eigenvalue weighted by molar-refractivity contribution is 5.90. The maximum atomic E-state index is 11.8. The maximum absolute atomic E-state index is 11.8. The molecule has 2 heterocycles. The standard InChI is InChI=1S/C18H19N5O2/c1-13(2)11-17(24)20-14-3-5-15(6-4-14)25-18-8-7-16(21-22-18)23-10-9-19-12-23/h3-10,12-13H,11H2,1-2H3,(H,20,24). The van der Waals surface area contributed by atoms with Crippen LogP contribution in [0.3, 0.4) is 0 Å². The van der Waals surface area contributed by atoms with E-state index in [4.69, 9.17) is 4.74 Å². The average molecular weight is 337 g/mol. The highest BCUT2D eigenvalue weighted by Crippen LogP contribution is 2.21. The molecule has 7 nitrogen and oxygen atoms in total. The second kappa shape index (κ2) is 7.57. The Kier molecular flexibility index (Phi) is 5.03. The van der Waals surface area contributed by atoms with Crippen LogP contribution in [0.1, 0.15) is 20.3 Å². The van der Waals surface area contributed by atoms with Gasteiger partial charge in [-0.1, -0.05) is 13.8 Å². The van der Waals surface area contributed by atoms with Gasteiger partial charge in [0.15, 0.2) is 5.82 Å². The van der Waals surface area contributed by atoms with Gasteiger partial charge in [0.2, 0.25) is 11.8 Å². The number of anilines is 1. The normalized spacial score (nSPS) is 10.7. The van der Waals surface area contributed by atoms with Crippen molar-refractivity contribution in [2.24, 2.45) is 5.92 Å². The number of hydrogen-bond donors (Lipinski definition) is 1. The molecule has 0 fully saturated rings. The van der Waals surface area contributed by atoms with Gasteiger partial charge in [0.05, 0.1) is 0 Å². The number of carbonyl (C=O) groups is 1. The number of hydrogen-bond acceptors (Lipinski definition) is 5. The van der Waals surface area contributed by atoms with Crippen molar-refractivity contribution in [3.63, 3.8) is 0 Å². The van der Waals surface area contributed by atoms with E-state index in [-0.39, 0.29) is 5.91 Å². The van der Waals surface area contributed by atoms with Crippen molar-refractivity contribution in [2.75, 3.05) is 5.32 Å². The number of nitrogens with zero attached hydrogens (tertiary/aromatic N) is 4. The van der Waals surface area contributed by atoms with Gasteiger partial charge in [0.25, 0.3) is 0 Å². The summed E-state index contributed by atoms with van der Waals surface area (Å²) in [5, 5.41) is 11.0. The first-order valence-corrected chi connectivity index (χ1v) is 8.00. The van der Waals surface area contributed by atoms with Crippen LogP contribution in [-0.4, -0.2) is 25.7 Å². The van der Waals surface area contributed by atoms with Crippen LogP contribution in [0, 0.1) is 5.92 Å². The molecule has 1 N–H and O–H groups in total. The molecule has 0 aliphatic carbocycles. The summed E-state index contributed by atoms with van der Waals surface area (Å²) < 4.78 is 7.42. The largest absolute Gasteiger partial charge is 0.438 e. The van der Waals surface area contributed by atoms with E-state index in [1.165, 1.54) is 0 Å². The molecule has 0 saturated carbocycles. The van der Waals surface area contributed by atoms with Gasteiger partial charge in [-0.25, -0.2) is 4.98 Å². The summed E-state index contributed by atoms with van der Waals surface area (Å²) >= 11 is 0. The highest BCUT2D eigenvalue weighted by Gasteiger charge is 2.06. The summed E-state index contributed by atoms with van der Waals surface area (Å²) in [5.41, 5.74) is 0.736. The zero-order valence-electron chi connectivity index (χ0n) is 14.1. The van der Waals surface area contributed by atoms with Crippen LogP contribution >= 0.6 is 0 Å². The second-order valence-electron chi connectivity index (χ2n) is 5.97. The van der Waals surface area contributed by atoms with Crippen LogP contribution in [0.4, 0.5) is 5.69 Å². The van der Waals surface area contributed by atoms with Gasteiger partial charge in [-0.05, 0) is 36.2 Å². The lowest BCUT2D eigenvalue weighted by molar-refractivity contribution is -0.116. The molecule has 0 atom stereocenters. The molecule has 7 heteroatoms. The molecule has 0 radical (unpaired) electrons. The van der Waals surface area contributed by atoms with Gasteiger partial charge in [-0.3, -0.25) is 9.36 Å². The number of amides is 1. The lowest BCUT2D eigenvalue weighted by Gasteiger charge is -2.09. The minimum Gasteiger partial charge on any atom is -0.438 e. The van der Waals surface area contributed by atoms with Crippen LogP contribution in [0.25, 0.3) is 5.82 Å².